The Morgan fingerprint density at radius 3 is 2.60 bits per heavy atom. The second-order valence-electron chi connectivity index (χ2n) is 7.06. The quantitative estimate of drug-likeness (QED) is 0.806. The van der Waals surface area contributed by atoms with Gasteiger partial charge in [0, 0.05) is 19.0 Å². The third-order valence-corrected chi connectivity index (χ3v) is 5.31. The van der Waals surface area contributed by atoms with E-state index in [1.54, 1.807) is 6.92 Å². The molecular formula is C20H28N2O3. The van der Waals surface area contributed by atoms with Crippen LogP contribution in [0.5, 0.6) is 0 Å². The van der Waals surface area contributed by atoms with Crippen molar-refractivity contribution in [1.29, 1.82) is 0 Å². The molecule has 1 aromatic carbocycles. The number of aliphatic imine (C=N–C) groups is 1. The van der Waals surface area contributed by atoms with Gasteiger partial charge in [-0.15, -0.1) is 0 Å². The number of hydrogen-bond acceptors (Lipinski definition) is 5. The Labute approximate surface area is 149 Å². The van der Waals surface area contributed by atoms with Crippen LogP contribution in [0.15, 0.2) is 35.3 Å². The van der Waals surface area contributed by atoms with Crippen molar-refractivity contribution in [3.05, 3.63) is 35.9 Å². The van der Waals surface area contributed by atoms with Crippen LogP contribution < -0.4 is 5.32 Å². The molecule has 3 rings (SSSR count). The third kappa shape index (κ3) is 3.87. The number of amidine groups is 1. The standard InChI is InChI=1S/C20H28N2O3/c1-15(18-21-13-8-14-22-18)25-19(23)20(24,16-9-4-2-5-10-16)17-11-6-3-7-12-17/h2,4-5,9-10,15,17,24H,3,6-8,11-14H2,1H3,(H,21,22). The van der Waals surface area contributed by atoms with Gasteiger partial charge in [-0.2, -0.15) is 0 Å². The normalized spacial score (nSPS) is 22.2. The van der Waals surface area contributed by atoms with Gasteiger partial charge in [-0.1, -0.05) is 49.6 Å². The molecule has 1 saturated carbocycles. The van der Waals surface area contributed by atoms with Crippen LogP contribution in [0.4, 0.5) is 0 Å². The molecule has 0 saturated heterocycles. The minimum Gasteiger partial charge on any atom is -0.452 e. The van der Waals surface area contributed by atoms with E-state index >= 15 is 0 Å². The average molecular weight is 344 g/mol. The SMILES string of the molecule is CC(OC(=O)C(O)(c1ccccc1)C1CCCCC1)C1=NCCCN1. The van der Waals surface area contributed by atoms with Crippen molar-refractivity contribution in [2.75, 3.05) is 13.1 Å². The first-order valence-electron chi connectivity index (χ1n) is 9.39. The van der Waals surface area contributed by atoms with E-state index in [2.05, 4.69) is 10.3 Å². The molecule has 2 unspecified atom stereocenters. The van der Waals surface area contributed by atoms with E-state index in [0.29, 0.717) is 11.4 Å². The summed E-state index contributed by atoms with van der Waals surface area (Å²) in [6, 6.07) is 9.23. The Balaban J connectivity index is 1.83. The number of nitrogens with one attached hydrogen (secondary N) is 1. The van der Waals surface area contributed by atoms with Crippen LogP contribution >= 0.6 is 0 Å². The zero-order valence-corrected chi connectivity index (χ0v) is 14.9. The molecule has 2 N–H and O–H groups in total. The molecule has 0 aromatic heterocycles. The maximum atomic E-state index is 13.1. The Hall–Kier alpha value is -1.88. The van der Waals surface area contributed by atoms with Crippen molar-refractivity contribution >= 4 is 11.8 Å². The molecule has 136 valence electrons. The molecule has 5 heteroatoms. The Kier molecular flexibility index (Phi) is 5.74. The Morgan fingerprint density at radius 2 is 1.96 bits per heavy atom. The Morgan fingerprint density at radius 1 is 1.24 bits per heavy atom. The van der Waals surface area contributed by atoms with Gasteiger partial charge in [0.15, 0.2) is 11.7 Å². The number of rotatable bonds is 5. The predicted molar refractivity (Wildman–Crippen MR) is 97.4 cm³/mol. The second kappa shape index (κ2) is 8.00. The Bertz CT molecular complexity index is 611. The average Bonchev–Trinajstić information content (AvgIpc) is 2.69. The molecule has 1 aliphatic carbocycles. The first kappa shape index (κ1) is 17.9. The highest BCUT2D eigenvalue weighted by atomic mass is 16.6. The van der Waals surface area contributed by atoms with Crippen molar-refractivity contribution in [2.45, 2.75) is 57.2 Å². The first-order valence-corrected chi connectivity index (χ1v) is 9.39. The van der Waals surface area contributed by atoms with Crippen molar-refractivity contribution in [3.63, 3.8) is 0 Å². The molecule has 25 heavy (non-hydrogen) atoms. The molecular weight excluding hydrogens is 316 g/mol. The summed E-state index contributed by atoms with van der Waals surface area (Å²) in [4.78, 5) is 17.5. The number of aliphatic hydroxyl groups is 1. The fourth-order valence-electron chi connectivity index (χ4n) is 3.86. The summed E-state index contributed by atoms with van der Waals surface area (Å²) in [6.45, 7) is 3.39. The number of carbonyl (C=O) groups is 1. The van der Waals surface area contributed by atoms with E-state index in [-0.39, 0.29) is 5.92 Å². The topological polar surface area (TPSA) is 70.9 Å². The summed E-state index contributed by atoms with van der Waals surface area (Å²) in [7, 11) is 0. The number of nitrogens with zero attached hydrogens (tertiary/aromatic N) is 1. The van der Waals surface area contributed by atoms with Gasteiger partial charge >= 0.3 is 5.97 Å². The lowest BCUT2D eigenvalue weighted by Gasteiger charge is -2.37. The molecule has 5 nitrogen and oxygen atoms in total. The summed E-state index contributed by atoms with van der Waals surface area (Å²) in [5.74, 6) is 0.0245. The van der Waals surface area contributed by atoms with Crippen molar-refractivity contribution in [2.24, 2.45) is 10.9 Å². The van der Waals surface area contributed by atoms with Crippen molar-refractivity contribution < 1.29 is 14.6 Å². The highest BCUT2D eigenvalue weighted by Crippen LogP contribution is 2.40. The zero-order chi connectivity index (χ0) is 17.7. The molecule has 1 aromatic rings. The summed E-state index contributed by atoms with van der Waals surface area (Å²) in [5, 5.41) is 14.7. The fourth-order valence-corrected chi connectivity index (χ4v) is 3.86. The summed E-state index contributed by atoms with van der Waals surface area (Å²) in [5.41, 5.74) is -0.969. The number of carbonyl (C=O) groups excluding carboxylic acids is 1. The number of hydrogen-bond donors (Lipinski definition) is 2. The van der Waals surface area contributed by atoms with E-state index in [9.17, 15) is 9.90 Å². The highest BCUT2D eigenvalue weighted by molar-refractivity contribution is 5.90. The van der Waals surface area contributed by atoms with Crippen LogP contribution in [0.3, 0.4) is 0 Å². The van der Waals surface area contributed by atoms with Crippen LogP contribution in [-0.2, 0) is 15.1 Å². The number of ether oxygens (including phenoxy) is 1. The third-order valence-electron chi connectivity index (χ3n) is 5.31. The number of benzene rings is 1. The molecule has 1 fully saturated rings. The van der Waals surface area contributed by atoms with Gasteiger partial charge in [0.25, 0.3) is 0 Å². The molecule has 2 aliphatic rings. The van der Waals surface area contributed by atoms with Gasteiger partial charge in [-0.05, 0) is 31.7 Å². The van der Waals surface area contributed by atoms with Gasteiger partial charge in [0.1, 0.15) is 5.84 Å². The van der Waals surface area contributed by atoms with Gasteiger partial charge in [0.2, 0.25) is 0 Å². The maximum Gasteiger partial charge on any atom is 0.343 e. The van der Waals surface area contributed by atoms with E-state index in [0.717, 1.165) is 51.6 Å². The molecule has 2 atom stereocenters. The van der Waals surface area contributed by atoms with Crippen LogP contribution in [-0.4, -0.2) is 36.1 Å². The molecule has 1 aliphatic heterocycles. The largest absolute Gasteiger partial charge is 0.452 e. The zero-order valence-electron chi connectivity index (χ0n) is 14.9. The van der Waals surface area contributed by atoms with E-state index < -0.39 is 17.7 Å². The molecule has 0 radical (unpaired) electrons. The van der Waals surface area contributed by atoms with Crippen LogP contribution in [0.1, 0.15) is 51.0 Å². The minimum atomic E-state index is -1.59. The lowest BCUT2D eigenvalue weighted by Crippen LogP contribution is -2.48. The molecule has 0 spiro atoms. The summed E-state index contributed by atoms with van der Waals surface area (Å²) < 4.78 is 5.68. The van der Waals surface area contributed by atoms with E-state index in [1.807, 2.05) is 30.3 Å². The number of esters is 1. The van der Waals surface area contributed by atoms with Crippen molar-refractivity contribution in [3.8, 4) is 0 Å². The second-order valence-corrected chi connectivity index (χ2v) is 7.06. The molecule has 1 heterocycles. The highest BCUT2D eigenvalue weighted by Gasteiger charge is 2.47. The first-order chi connectivity index (χ1) is 12.1. The van der Waals surface area contributed by atoms with Gasteiger partial charge < -0.3 is 15.2 Å². The summed E-state index contributed by atoms with van der Waals surface area (Å²) >= 11 is 0. The molecule has 0 bridgehead atoms. The minimum absolute atomic E-state index is 0.107. The lowest BCUT2D eigenvalue weighted by molar-refractivity contribution is -0.177. The molecule has 0 amide bonds. The lowest BCUT2D eigenvalue weighted by atomic mass is 9.73. The summed E-state index contributed by atoms with van der Waals surface area (Å²) in [6.07, 6.45) is 5.43. The van der Waals surface area contributed by atoms with Crippen LogP contribution in [0.25, 0.3) is 0 Å². The smallest absolute Gasteiger partial charge is 0.343 e. The van der Waals surface area contributed by atoms with Gasteiger partial charge in [0.05, 0.1) is 0 Å². The predicted octanol–water partition coefficient (Wildman–Crippen LogP) is 2.78. The monoisotopic (exact) mass is 344 g/mol. The van der Waals surface area contributed by atoms with Crippen LogP contribution in [0, 0.1) is 5.92 Å². The van der Waals surface area contributed by atoms with E-state index in [4.69, 9.17) is 4.74 Å². The van der Waals surface area contributed by atoms with Crippen LogP contribution in [0.2, 0.25) is 0 Å². The fraction of sp³-hybridized carbons (Fsp3) is 0.600. The van der Waals surface area contributed by atoms with Gasteiger partial charge in [-0.25, -0.2) is 4.79 Å². The maximum absolute atomic E-state index is 13.1. The van der Waals surface area contributed by atoms with Crippen molar-refractivity contribution in [1.82, 2.24) is 5.32 Å². The van der Waals surface area contributed by atoms with E-state index in [1.165, 1.54) is 0 Å². The van der Waals surface area contributed by atoms with Gasteiger partial charge in [-0.3, -0.25) is 4.99 Å².